The summed E-state index contributed by atoms with van der Waals surface area (Å²) in [4.78, 5) is 0. The van der Waals surface area contributed by atoms with Crippen molar-refractivity contribution < 1.29 is 5.11 Å². The molecule has 1 rings (SSSR count). The Labute approximate surface area is 81.2 Å². The highest BCUT2D eigenvalue weighted by Gasteiger charge is 2.14. The maximum atomic E-state index is 9.87. The van der Waals surface area contributed by atoms with Gasteiger partial charge in [0.2, 0.25) is 0 Å². The first-order valence-corrected chi connectivity index (χ1v) is 5.16. The topological polar surface area (TPSA) is 20.2 Å². The molecule has 0 radical (unpaired) electrons. The first-order chi connectivity index (χ1) is 6.10. The molecule has 0 saturated heterocycles. The minimum atomic E-state index is -0.603. The van der Waals surface area contributed by atoms with Crippen LogP contribution in [0, 0.1) is 0 Å². The molecule has 0 saturated carbocycles. The average Bonchev–Trinajstić information content (AvgIpc) is 2.02. The molecule has 0 heterocycles. The van der Waals surface area contributed by atoms with E-state index >= 15 is 0 Å². The van der Waals surface area contributed by atoms with Gasteiger partial charge in [0.15, 0.2) is 0 Å². The predicted molar refractivity (Wildman–Crippen MR) is 56.6 cm³/mol. The number of aliphatic hydroxyl groups is 1. The molecule has 1 atom stereocenters. The average molecular weight is 180 g/mol. The van der Waals surface area contributed by atoms with E-state index in [1.54, 1.807) is 0 Å². The molecule has 13 heavy (non-hydrogen) atoms. The molecular formula is C12H20O. The fraction of sp³-hybridized carbons (Fsp3) is 0.667. The van der Waals surface area contributed by atoms with Gasteiger partial charge >= 0.3 is 0 Å². The van der Waals surface area contributed by atoms with E-state index in [-0.39, 0.29) is 0 Å². The summed E-state index contributed by atoms with van der Waals surface area (Å²) in [6.07, 6.45) is 11.6. The molecule has 0 amide bonds. The molecule has 0 aliphatic heterocycles. The van der Waals surface area contributed by atoms with Gasteiger partial charge in [-0.05, 0) is 46.0 Å². The molecule has 1 aliphatic carbocycles. The lowest BCUT2D eigenvalue weighted by molar-refractivity contribution is 0.102. The second-order valence-electron chi connectivity index (χ2n) is 4.24. The SMILES string of the molecule is CC1=CCCC(C)(O)C=CCCC1. The number of allylic oxidation sites excluding steroid dienone is 3. The monoisotopic (exact) mass is 180 g/mol. The molecule has 1 unspecified atom stereocenters. The summed E-state index contributed by atoms with van der Waals surface area (Å²) in [6.45, 7) is 4.06. The molecule has 0 fully saturated rings. The first-order valence-electron chi connectivity index (χ1n) is 5.16. The van der Waals surface area contributed by atoms with Gasteiger partial charge in [0.25, 0.3) is 0 Å². The van der Waals surface area contributed by atoms with Crippen LogP contribution in [0.15, 0.2) is 23.8 Å². The zero-order valence-corrected chi connectivity index (χ0v) is 8.71. The minimum absolute atomic E-state index is 0.603. The molecule has 0 spiro atoms. The van der Waals surface area contributed by atoms with Crippen molar-refractivity contribution in [2.75, 3.05) is 0 Å². The van der Waals surface area contributed by atoms with E-state index in [4.69, 9.17) is 0 Å². The maximum absolute atomic E-state index is 9.87. The molecule has 0 bridgehead atoms. The molecule has 0 aromatic carbocycles. The summed E-state index contributed by atoms with van der Waals surface area (Å²) in [6, 6.07) is 0. The van der Waals surface area contributed by atoms with E-state index in [0.717, 1.165) is 19.3 Å². The van der Waals surface area contributed by atoms with Gasteiger partial charge in [-0.1, -0.05) is 23.8 Å². The Morgan fingerprint density at radius 2 is 2.15 bits per heavy atom. The molecule has 0 aromatic heterocycles. The van der Waals surface area contributed by atoms with Gasteiger partial charge in [-0.2, -0.15) is 0 Å². The van der Waals surface area contributed by atoms with Gasteiger partial charge in [0, 0.05) is 0 Å². The van der Waals surface area contributed by atoms with E-state index < -0.39 is 5.60 Å². The highest BCUT2D eigenvalue weighted by molar-refractivity contribution is 5.04. The van der Waals surface area contributed by atoms with Crippen molar-refractivity contribution in [3.8, 4) is 0 Å². The van der Waals surface area contributed by atoms with Crippen LogP contribution in [0.1, 0.15) is 46.0 Å². The van der Waals surface area contributed by atoms with Crippen LogP contribution < -0.4 is 0 Å². The highest BCUT2D eigenvalue weighted by atomic mass is 16.3. The third kappa shape index (κ3) is 4.28. The highest BCUT2D eigenvalue weighted by Crippen LogP contribution is 2.19. The lowest BCUT2D eigenvalue weighted by Gasteiger charge is -2.18. The Balaban J connectivity index is 2.58. The lowest BCUT2D eigenvalue weighted by atomic mass is 9.96. The zero-order valence-electron chi connectivity index (χ0n) is 8.71. The third-order valence-corrected chi connectivity index (χ3v) is 2.56. The Hall–Kier alpha value is -0.560. The molecule has 74 valence electrons. The Bertz CT molecular complexity index is 211. The van der Waals surface area contributed by atoms with Crippen LogP contribution in [0.2, 0.25) is 0 Å². The van der Waals surface area contributed by atoms with Gasteiger partial charge in [-0.3, -0.25) is 0 Å². The van der Waals surface area contributed by atoms with Crippen molar-refractivity contribution in [2.45, 2.75) is 51.6 Å². The minimum Gasteiger partial charge on any atom is -0.386 e. The molecular weight excluding hydrogens is 160 g/mol. The van der Waals surface area contributed by atoms with Gasteiger partial charge in [-0.25, -0.2) is 0 Å². The quantitative estimate of drug-likeness (QED) is 0.567. The van der Waals surface area contributed by atoms with Crippen molar-refractivity contribution in [3.05, 3.63) is 23.8 Å². The maximum Gasteiger partial charge on any atom is 0.0802 e. The summed E-state index contributed by atoms with van der Waals surface area (Å²) in [5.74, 6) is 0. The fourth-order valence-corrected chi connectivity index (χ4v) is 1.63. The molecule has 1 aliphatic rings. The smallest absolute Gasteiger partial charge is 0.0802 e. The van der Waals surface area contributed by atoms with E-state index in [1.807, 2.05) is 13.0 Å². The van der Waals surface area contributed by atoms with Crippen molar-refractivity contribution in [1.29, 1.82) is 0 Å². The Kier molecular flexibility index (Phi) is 3.73. The van der Waals surface area contributed by atoms with Crippen LogP contribution in [-0.2, 0) is 0 Å². The second-order valence-corrected chi connectivity index (χ2v) is 4.24. The van der Waals surface area contributed by atoms with Crippen LogP contribution in [0.5, 0.6) is 0 Å². The second kappa shape index (κ2) is 4.61. The predicted octanol–water partition coefficient (Wildman–Crippen LogP) is 3.20. The van der Waals surface area contributed by atoms with Crippen LogP contribution in [-0.4, -0.2) is 10.7 Å². The van der Waals surface area contributed by atoms with Crippen LogP contribution in [0.3, 0.4) is 0 Å². The number of hydrogen-bond donors (Lipinski definition) is 1. The van der Waals surface area contributed by atoms with Crippen LogP contribution >= 0.6 is 0 Å². The molecule has 1 nitrogen and oxygen atoms in total. The standard InChI is InChI=1S/C12H20O/c1-11-7-4-3-5-9-12(2,13)10-6-8-11/h5,8-9,13H,3-4,6-7,10H2,1-2H3. The van der Waals surface area contributed by atoms with Gasteiger partial charge in [0.05, 0.1) is 5.60 Å². The van der Waals surface area contributed by atoms with Gasteiger partial charge < -0.3 is 5.11 Å². The third-order valence-electron chi connectivity index (χ3n) is 2.56. The summed E-state index contributed by atoms with van der Waals surface area (Å²) in [7, 11) is 0. The van der Waals surface area contributed by atoms with Crippen molar-refractivity contribution in [1.82, 2.24) is 0 Å². The number of rotatable bonds is 0. The molecule has 1 heteroatoms. The van der Waals surface area contributed by atoms with Gasteiger partial charge in [-0.15, -0.1) is 0 Å². The van der Waals surface area contributed by atoms with E-state index in [2.05, 4.69) is 19.1 Å². The fourth-order valence-electron chi connectivity index (χ4n) is 1.63. The normalized spacial score (nSPS) is 31.2. The lowest BCUT2D eigenvalue weighted by Crippen LogP contribution is -2.20. The Morgan fingerprint density at radius 1 is 1.38 bits per heavy atom. The van der Waals surface area contributed by atoms with E-state index in [9.17, 15) is 5.11 Å². The molecule has 1 N–H and O–H groups in total. The number of hydrogen-bond acceptors (Lipinski definition) is 1. The molecule has 0 aromatic rings. The van der Waals surface area contributed by atoms with Crippen molar-refractivity contribution in [3.63, 3.8) is 0 Å². The van der Waals surface area contributed by atoms with Gasteiger partial charge in [0.1, 0.15) is 0 Å². The summed E-state index contributed by atoms with van der Waals surface area (Å²) in [5, 5.41) is 9.87. The Morgan fingerprint density at radius 3 is 2.92 bits per heavy atom. The summed E-state index contributed by atoms with van der Waals surface area (Å²) >= 11 is 0. The van der Waals surface area contributed by atoms with Crippen LogP contribution in [0.25, 0.3) is 0 Å². The van der Waals surface area contributed by atoms with E-state index in [1.165, 1.54) is 18.4 Å². The van der Waals surface area contributed by atoms with Crippen LogP contribution in [0.4, 0.5) is 0 Å². The zero-order chi connectivity index (χ0) is 9.73. The first kappa shape index (κ1) is 10.5. The largest absolute Gasteiger partial charge is 0.386 e. The van der Waals surface area contributed by atoms with Crippen molar-refractivity contribution >= 4 is 0 Å². The van der Waals surface area contributed by atoms with E-state index in [0.29, 0.717) is 0 Å². The summed E-state index contributed by atoms with van der Waals surface area (Å²) in [5.41, 5.74) is 0.861. The summed E-state index contributed by atoms with van der Waals surface area (Å²) < 4.78 is 0. The van der Waals surface area contributed by atoms with Crippen molar-refractivity contribution in [2.24, 2.45) is 0 Å².